The summed E-state index contributed by atoms with van der Waals surface area (Å²) >= 11 is 7.60. The molecule has 0 aliphatic heterocycles. The highest BCUT2D eigenvalue weighted by Gasteiger charge is 2.22. The highest BCUT2D eigenvalue weighted by Crippen LogP contribution is 2.27. The molecule has 0 saturated heterocycles. The molecule has 0 saturated carbocycles. The Kier molecular flexibility index (Phi) is 6.07. The van der Waals surface area contributed by atoms with Crippen molar-refractivity contribution < 1.29 is 4.79 Å². The molecule has 7 heteroatoms. The van der Waals surface area contributed by atoms with E-state index in [1.165, 1.54) is 11.8 Å². The number of carbonyl (C=O) groups is 1. The van der Waals surface area contributed by atoms with Gasteiger partial charge in [0.1, 0.15) is 6.33 Å². The van der Waals surface area contributed by atoms with Gasteiger partial charge >= 0.3 is 0 Å². The van der Waals surface area contributed by atoms with Gasteiger partial charge in [-0.15, -0.1) is 10.2 Å². The van der Waals surface area contributed by atoms with E-state index in [2.05, 4.69) is 10.2 Å². The first-order valence-electron chi connectivity index (χ1n) is 7.59. The first-order chi connectivity index (χ1) is 11.0. The predicted octanol–water partition coefficient (Wildman–Crippen LogP) is 3.58. The van der Waals surface area contributed by atoms with Gasteiger partial charge < -0.3 is 4.90 Å². The average molecular weight is 353 g/mol. The van der Waals surface area contributed by atoms with Crippen LogP contribution in [0.25, 0.3) is 5.69 Å². The summed E-state index contributed by atoms with van der Waals surface area (Å²) in [5.41, 5.74) is 1.90. The molecule has 5 nitrogen and oxygen atoms in total. The molecule has 0 aliphatic carbocycles. The van der Waals surface area contributed by atoms with Crippen LogP contribution in [0.1, 0.15) is 26.3 Å². The number of amides is 1. The van der Waals surface area contributed by atoms with E-state index < -0.39 is 0 Å². The Balaban J connectivity index is 2.21. The third-order valence-electron chi connectivity index (χ3n) is 3.66. The van der Waals surface area contributed by atoms with Crippen LogP contribution in [0.3, 0.4) is 0 Å². The number of aryl methyl sites for hydroxylation is 1. The molecule has 1 aromatic heterocycles. The van der Waals surface area contributed by atoms with Crippen LogP contribution in [-0.4, -0.2) is 43.9 Å². The molecule has 1 amide bonds. The first-order valence-corrected chi connectivity index (χ1v) is 8.85. The van der Waals surface area contributed by atoms with Crippen LogP contribution in [0.2, 0.25) is 5.02 Å². The molecule has 2 rings (SSSR count). The fourth-order valence-corrected chi connectivity index (χ4v) is 3.32. The van der Waals surface area contributed by atoms with Crippen molar-refractivity contribution in [2.45, 2.75) is 38.1 Å². The van der Waals surface area contributed by atoms with E-state index in [0.29, 0.717) is 23.3 Å². The number of rotatable bonds is 6. The van der Waals surface area contributed by atoms with Crippen molar-refractivity contribution in [1.82, 2.24) is 19.7 Å². The van der Waals surface area contributed by atoms with Crippen molar-refractivity contribution in [3.05, 3.63) is 35.1 Å². The molecular weight excluding hydrogens is 332 g/mol. The molecule has 124 valence electrons. The quantitative estimate of drug-likeness (QED) is 0.746. The van der Waals surface area contributed by atoms with E-state index in [1.54, 1.807) is 6.33 Å². The Labute approximate surface area is 146 Å². The normalized spacial score (nSPS) is 12.2. The molecule has 0 N–H and O–H groups in total. The number of carbonyl (C=O) groups excluding carboxylic acids is 1. The summed E-state index contributed by atoms with van der Waals surface area (Å²) in [6.07, 6.45) is 1.64. The molecule has 1 aromatic carbocycles. The lowest BCUT2D eigenvalue weighted by atomic mass is 10.2. The van der Waals surface area contributed by atoms with Gasteiger partial charge in [-0.1, -0.05) is 29.4 Å². The molecular formula is C16H21ClN4OS. The maximum Gasteiger partial charge on any atom is 0.235 e. The van der Waals surface area contributed by atoms with Crippen LogP contribution in [0.4, 0.5) is 0 Å². The number of hydrogen-bond acceptors (Lipinski definition) is 4. The Morgan fingerprint density at radius 2 is 2.09 bits per heavy atom. The number of hydrogen-bond donors (Lipinski definition) is 0. The summed E-state index contributed by atoms with van der Waals surface area (Å²) in [4.78, 5) is 14.2. The maximum absolute atomic E-state index is 12.4. The average Bonchev–Trinajstić information content (AvgIpc) is 2.99. The van der Waals surface area contributed by atoms with E-state index in [0.717, 1.165) is 11.3 Å². The fourth-order valence-electron chi connectivity index (χ4n) is 2.21. The smallest absolute Gasteiger partial charge is 0.235 e. The van der Waals surface area contributed by atoms with Crippen molar-refractivity contribution in [1.29, 1.82) is 0 Å². The predicted molar refractivity (Wildman–Crippen MR) is 94.4 cm³/mol. The maximum atomic E-state index is 12.4. The van der Waals surface area contributed by atoms with Gasteiger partial charge in [0, 0.05) is 18.1 Å². The minimum Gasteiger partial charge on any atom is -0.342 e. The van der Waals surface area contributed by atoms with Gasteiger partial charge in [0.25, 0.3) is 0 Å². The molecule has 1 unspecified atom stereocenters. The van der Waals surface area contributed by atoms with E-state index in [9.17, 15) is 4.79 Å². The molecule has 0 fully saturated rings. The molecule has 0 bridgehead atoms. The van der Waals surface area contributed by atoms with E-state index in [4.69, 9.17) is 11.6 Å². The second-order valence-electron chi connectivity index (χ2n) is 5.19. The zero-order valence-electron chi connectivity index (χ0n) is 13.8. The fraction of sp³-hybridized carbons (Fsp3) is 0.438. The Bertz CT molecular complexity index is 684. The molecule has 0 aliphatic rings. The van der Waals surface area contributed by atoms with Crippen molar-refractivity contribution in [3.63, 3.8) is 0 Å². The molecule has 2 aromatic rings. The Hall–Kier alpha value is -1.53. The SMILES string of the molecule is CCN(CC)C(=O)C(C)Sc1nncn1-c1ccc(C)c(Cl)c1. The van der Waals surface area contributed by atoms with Crippen LogP contribution in [-0.2, 0) is 4.79 Å². The number of nitrogens with zero attached hydrogens (tertiary/aromatic N) is 4. The molecule has 1 atom stereocenters. The van der Waals surface area contributed by atoms with Gasteiger partial charge in [-0.05, 0) is 45.4 Å². The van der Waals surface area contributed by atoms with Gasteiger partial charge in [-0.2, -0.15) is 0 Å². The molecule has 1 heterocycles. The van der Waals surface area contributed by atoms with Crippen molar-refractivity contribution in [3.8, 4) is 5.69 Å². The van der Waals surface area contributed by atoms with Crippen LogP contribution in [0, 0.1) is 6.92 Å². The highest BCUT2D eigenvalue weighted by molar-refractivity contribution is 8.00. The number of halogens is 1. The molecule has 23 heavy (non-hydrogen) atoms. The van der Waals surface area contributed by atoms with E-state index in [1.807, 2.05) is 55.4 Å². The summed E-state index contributed by atoms with van der Waals surface area (Å²) in [6.45, 7) is 9.23. The third kappa shape index (κ3) is 4.06. The zero-order chi connectivity index (χ0) is 17.0. The van der Waals surface area contributed by atoms with E-state index in [-0.39, 0.29) is 11.2 Å². The molecule has 0 radical (unpaired) electrons. The summed E-state index contributed by atoms with van der Waals surface area (Å²) in [5.74, 6) is 0.108. The van der Waals surface area contributed by atoms with Crippen LogP contribution >= 0.6 is 23.4 Å². The monoisotopic (exact) mass is 352 g/mol. The minimum absolute atomic E-state index is 0.108. The number of benzene rings is 1. The topological polar surface area (TPSA) is 51.0 Å². The second kappa shape index (κ2) is 7.84. The summed E-state index contributed by atoms with van der Waals surface area (Å²) < 4.78 is 1.85. The first kappa shape index (κ1) is 17.8. The van der Waals surface area contributed by atoms with Crippen molar-refractivity contribution >= 4 is 29.3 Å². The summed E-state index contributed by atoms with van der Waals surface area (Å²) in [5, 5.41) is 9.26. The summed E-state index contributed by atoms with van der Waals surface area (Å²) in [6, 6.07) is 5.79. The van der Waals surface area contributed by atoms with Gasteiger partial charge in [-0.3, -0.25) is 9.36 Å². The molecule has 0 spiro atoms. The van der Waals surface area contributed by atoms with E-state index >= 15 is 0 Å². The van der Waals surface area contributed by atoms with Gasteiger partial charge in [0.2, 0.25) is 5.91 Å². The number of thioether (sulfide) groups is 1. The second-order valence-corrected chi connectivity index (χ2v) is 6.90. The highest BCUT2D eigenvalue weighted by atomic mass is 35.5. The largest absolute Gasteiger partial charge is 0.342 e. The lowest BCUT2D eigenvalue weighted by Gasteiger charge is -2.22. The lowest BCUT2D eigenvalue weighted by molar-refractivity contribution is -0.129. The standard InChI is InChI=1S/C16H21ClN4OS/c1-5-20(6-2)15(22)12(4)23-16-19-18-10-21(16)13-8-7-11(3)14(17)9-13/h7-10,12H,5-6H2,1-4H3. The Morgan fingerprint density at radius 1 is 1.39 bits per heavy atom. The van der Waals surface area contributed by atoms with Crippen LogP contribution < -0.4 is 0 Å². The zero-order valence-corrected chi connectivity index (χ0v) is 15.4. The summed E-state index contributed by atoms with van der Waals surface area (Å²) in [7, 11) is 0. The van der Waals surface area contributed by atoms with Gasteiger partial charge in [0.05, 0.1) is 10.9 Å². The Morgan fingerprint density at radius 3 is 2.70 bits per heavy atom. The van der Waals surface area contributed by atoms with Gasteiger partial charge in [-0.25, -0.2) is 0 Å². The minimum atomic E-state index is -0.223. The van der Waals surface area contributed by atoms with Gasteiger partial charge in [0.15, 0.2) is 5.16 Å². The number of aromatic nitrogens is 3. The van der Waals surface area contributed by atoms with Crippen molar-refractivity contribution in [2.24, 2.45) is 0 Å². The van der Waals surface area contributed by atoms with Crippen LogP contribution in [0.5, 0.6) is 0 Å². The van der Waals surface area contributed by atoms with Crippen LogP contribution in [0.15, 0.2) is 29.7 Å². The lowest BCUT2D eigenvalue weighted by Crippen LogP contribution is -2.36. The third-order valence-corrected chi connectivity index (χ3v) is 5.11. The van der Waals surface area contributed by atoms with Crippen molar-refractivity contribution in [2.75, 3.05) is 13.1 Å².